The second kappa shape index (κ2) is 10.8. The van der Waals surface area contributed by atoms with Gasteiger partial charge in [0.2, 0.25) is 0 Å². The van der Waals surface area contributed by atoms with Crippen molar-refractivity contribution in [1.82, 2.24) is 0 Å². The third-order valence-electron chi connectivity index (χ3n) is 5.04. The summed E-state index contributed by atoms with van der Waals surface area (Å²) < 4.78 is 51.7. The highest BCUT2D eigenvalue weighted by Gasteiger charge is 2.30. The number of hydrogen-bond donors (Lipinski definition) is 1. The predicted molar refractivity (Wildman–Crippen MR) is 118 cm³/mol. The van der Waals surface area contributed by atoms with Crippen LogP contribution in [-0.2, 0) is 17.0 Å². The first-order chi connectivity index (χ1) is 14.6. The zero-order valence-electron chi connectivity index (χ0n) is 18.0. The van der Waals surface area contributed by atoms with Gasteiger partial charge in [0.15, 0.2) is 0 Å². The van der Waals surface area contributed by atoms with Crippen LogP contribution in [0.2, 0.25) is 0 Å². The number of rotatable bonds is 10. The highest BCUT2D eigenvalue weighted by Crippen LogP contribution is 2.39. The van der Waals surface area contributed by atoms with Crippen LogP contribution < -0.4 is 4.90 Å². The first kappa shape index (κ1) is 24.9. The van der Waals surface area contributed by atoms with E-state index in [1.165, 1.54) is 30.5 Å². The number of alkyl halides is 3. The van der Waals surface area contributed by atoms with Crippen molar-refractivity contribution in [2.45, 2.75) is 50.6 Å². The lowest BCUT2D eigenvalue weighted by atomic mass is 9.98. The fraction of sp³-hybridized carbons (Fsp3) is 0.435. The summed E-state index contributed by atoms with van der Waals surface area (Å²) in [4.78, 5) is 14.1. The Bertz CT molecular complexity index is 919. The van der Waals surface area contributed by atoms with Gasteiger partial charge in [-0.2, -0.15) is 13.2 Å². The van der Waals surface area contributed by atoms with Crippen LogP contribution >= 0.6 is 0 Å². The van der Waals surface area contributed by atoms with Crippen LogP contribution in [-0.4, -0.2) is 34.6 Å². The van der Waals surface area contributed by atoms with Crippen LogP contribution in [0.3, 0.4) is 0 Å². The van der Waals surface area contributed by atoms with E-state index in [2.05, 4.69) is 18.7 Å². The number of nitrogens with zero attached hydrogens (tertiary/aromatic N) is 1. The molecule has 0 aliphatic rings. The number of benzene rings is 2. The van der Waals surface area contributed by atoms with Crippen molar-refractivity contribution in [2.24, 2.45) is 0 Å². The molecule has 0 amide bonds. The number of hydrogen-bond acceptors (Lipinski definition) is 3. The lowest BCUT2D eigenvalue weighted by molar-refractivity contribution is -0.137. The van der Waals surface area contributed by atoms with E-state index in [1.54, 1.807) is 0 Å². The van der Waals surface area contributed by atoms with Gasteiger partial charge in [-0.15, -0.1) is 0 Å². The molecule has 0 aromatic heterocycles. The molecule has 0 spiro atoms. The Morgan fingerprint density at radius 2 is 1.58 bits per heavy atom. The molecule has 2 aromatic rings. The van der Waals surface area contributed by atoms with Crippen molar-refractivity contribution >= 4 is 22.5 Å². The zero-order valence-corrected chi connectivity index (χ0v) is 18.8. The summed E-state index contributed by atoms with van der Waals surface area (Å²) in [7, 11) is -1.54. The van der Waals surface area contributed by atoms with Crippen molar-refractivity contribution in [1.29, 1.82) is 0 Å². The average molecular weight is 456 g/mol. The van der Waals surface area contributed by atoms with Gasteiger partial charge in [-0.3, -0.25) is 4.21 Å². The van der Waals surface area contributed by atoms with Crippen LogP contribution in [0.25, 0.3) is 11.1 Å². The molecule has 0 bridgehead atoms. The SMILES string of the molecule is CCCCN(CCCC)c1cc(C(=O)O)cc(S(C)=O)c1-c1ccc(C(F)(F)F)cc1. The van der Waals surface area contributed by atoms with Gasteiger partial charge in [0, 0.05) is 35.5 Å². The molecule has 0 radical (unpaired) electrons. The second-order valence-corrected chi connectivity index (χ2v) is 8.75. The summed E-state index contributed by atoms with van der Waals surface area (Å²) in [6, 6.07) is 7.60. The van der Waals surface area contributed by atoms with Gasteiger partial charge in [-0.05, 0) is 42.7 Å². The summed E-state index contributed by atoms with van der Waals surface area (Å²) in [6.45, 7) is 5.44. The topological polar surface area (TPSA) is 57.6 Å². The van der Waals surface area contributed by atoms with Crippen LogP contribution in [0, 0.1) is 0 Å². The maximum Gasteiger partial charge on any atom is 0.416 e. The van der Waals surface area contributed by atoms with Crippen LogP contribution in [0.1, 0.15) is 55.5 Å². The van der Waals surface area contributed by atoms with Crippen molar-refractivity contribution in [3.63, 3.8) is 0 Å². The molecule has 1 atom stereocenters. The summed E-state index contributed by atoms with van der Waals surface area (Å²) in [6.07, 6.45) is 0.600. The molecule has 2 aromatic carbocycles. The minimum atomic E-state index is -4.46. The molecule has 31 heavy (non-hydrogen) atoms. The average Bonchev–Trinajstić information content (AvgIpc) is 2.72. The van der Waals surface area contributed by atoms with Crippen LogP contribution in [0.15, 0.2) is 41.3 Å². The molecule has 170 valence electrons. The normalized spacial score (nSPS) is 12.6. The molecule has 0 fully saturated rings. The largest absolute Gasteiger partial charge is 0.478 e. The number of halogens is 3. The molecule has 2 rings (SSSR count). The molecule has 1 N–H and O–H groups in total. The molecule has 0 aliphatic heterocycles. The Morgan fingerprint density at radius 1 is 1.03 bits per heavy atom. The fourth-order valence-electron chi connectivity index (χ4n) is 3.37. The minimum absolute atomic E-state index is 0.00820. The third kappa shape index (κ3) is 6.32. The van der Waals surface area contributed by atoms with E-state index in [1.807, 2.05) is 0 Å². The minimum Gasteiger partial charge on any atom is -0.478 e. The lowest BCUT2D eigenvalue weighted by Crippen LogP contribution is -2.27. The number of carboxylic acids is 1. The van der Waals surface area contributed by atoms with Gasteiger partial charge in [0.1, 0.15) is 0 Å². The van der Waals surface area contributed by atoms with Gasteiger partial charge in [-0.25, -0.2) is 4.79 Å². The molecular weight excluding hydrogens is 427 g/mol. The van der Waals surface area contributed by atoms with E-state index in [4.69, 9.17) is 0 Å². The van der Waals surface area contributed by atoms with Gasteiger partial charge < -0.3 is 10.0 Å². The second-order valence-electron chi connectivity index (χ2n) is 7.40. The molecule has 0 saturated carbocycles. The van der Waals surface area contributed by atoms with E-state index in [-0.39, 0.29) is 5.56 Å². The number of carboxylic acid groups (broad SMARTS) is 1. The molecular formula is C23H28F3NO3S. The van der Waals surface area contributed by atoms with Gasteiger partial charge in [-0.1, -0.05) is 38.8 Å². The van der Waals surface area contributed by atoms with Gasteiger partial charge in [0.05, 0.1) is 21.9 Å². The summed E-state index contributed by atoms with van der Waals surface area (Å²) in [5.74, 6) is -1.14. The first-order valence-corrected chi connectivity index (χ1v) is 11.8. The number of aromatic carboxylic acids is 1. The van der Waals surface area contributed by atoms with E-state index < -0.39 is 28.5 Å². The van der Waals surface area contributed by atoms with E-state index in [0.717, 1.165) is 37.8 Å². The summed E-state index contributed by atoms with van der Waals surface area (Å²) in [5.41, 5.74) is 0.823. The Hall–Kier alpha value is -2.35. The van der Waals surface area contributed by atoms with Crippen LogP contribution in [0.4, 0.5) is 18.9 Å². The van der Waals surface area contributed by atoms with E-state index in [0.29, 0.717) is 34.8 Å². The smallest absolute Gasteiger partial charge is 0.416 e. The van der Waals surface area contributed by atoms with E-state index >= 15 is 0 Å². The van der Waals surface area contributed by atoms with Crippen LogP contribution in [0.5, 0.6) is 0 Å². The molecule has 0 aliphatic carbocycles. The Morgan fingerprint density at radius 3 is 2.00 bits per heavy atom. The summed E-state index contributed by atoms with van der Waals surface area (Å²) in [5, 5.41) is 9.59. The standard InChI is InChI=1S/C23H28F3NO3S/c1-4-6-12-27(13-7-5-2)19-14-17(22(28)29)15-20(31(3)30)21(19)16-8-10-18(11-9-16)23(24,25)26/h8-11,14-15H,4-7,12-13H2,1-3H3,(H,28,29). The highest BCUT2D eigenvalue weighted by molar-refractivity contribution is 7.84. The van der Waals surface area contributed by atoms with Gasteiger partial charge >= 0.3 is 12.1 Å². The molecule has 8 heteroatoms. The zero-order chi connectivity index (χ0) is 23.2. The molecule has 0 heterocycles. The predicted octanol–water partition coefficient (Wildman–Crippen LogP) is 6.21. The maximum atomic E-state index is 13.0. The van der Waals surface area contributed by atoms with Gasteiger partial charge in [0.25, 0.3) is 0 Å². The third-order valence-corrected chi connectivity index (χ3v) is 5.98. The Kier molecular flexibility index (Phi) is 8.68. The number of carbonyl (C=O) groups is 1. The molecule has 0 saturated heterocycles. The van der Waals surface area contributed by atoms with E-state index in [9.17, 15) is 27.3 Å². The number of unbranched alkanes of at least 4 members (excludes halogenated alkanes) is 2. The maximum absolute atomic E-state index is 13.0. The fourth-order valence-corrected chi connectivity index (χ4v) is 4.17. The lowest BCUT2D eigenvalue weighted by Gasteiger charge is -2.29. The molecule has 4 nitrogen and oxygen atoms in total. The highest BCUT2D eigenvalue weighted by atomic mass is 32.2. The summed E-state index contributed by atoms with van der Waals surface area (Å²) >= 11 is 0. The molecule has 1 unspecified atom stereocenters. The Balaban J connectivity index is 2.76. The quantitative estimate of drug-likeness (QED) is 0.462. The van der Waals surface area contributed by atoms with Crippen molar-refractivity contribution in [3.8, 4) is 11.1 Å². The van der Waals surface area contributed by atoms with Crippen molar-refractivity contribution in [3.05, 3.63) is 47.5 Å². The Labute approximate surface area is 183 Å². The monoisotopic (exact) mass is 455 g/mol. The number of anilines is 1. The first-order valence-electron chi connectivity index (χ1n) is 10.3. The van der Waals surface area contributed by atoms with Crippen molar-refractivity contribution in [2.75, 3.05) is 24.2 Å². The van der Waals surface area contributed by atoms with Crippen molar-refractivity contribution < 1.29 is 27.3 Å².